The number of carbonyl (C=O) groups is 2. The van der Waals surface area contributed by atoms with Gasteiger partial charge in [-0.05, 0) is 35.9 Å². The Kier molecular flexibility index (Phi) is 6.83. The van der Waals surface area contributed by atoms with Gasteiger partial charge in [0.05, 0.1) is 21.3 Å². The van der Waals surface area contributed by atoms with E-state index in [1.165, 1.54) is 51.7 Å². The summed E-state index contributed by atoms with van der Waals surface area (Å²) in [6, 6.07) is 8.95. The zero-order valence-electron chi connectivity index (χ0n) is 15.6. The van der Waals surface area contributed by atoms with E-state index in [0.717, 1.165) is 0 Å². The molecule has 2 amide bonds. The third kappa shape index (κ3) is 4.71. The van der Waals surface area contributed by atoms with E-state index in [9.17, 15) is 14.7 Å². The lowest BCUT2D eigenvalue weighted by molar-refractivity contribution is -0.117. The lowest BCUT2D eigenvalue weighted by Gasteiger charge is -2.14. The lowest BCUT2D eigenvalue weighted by atomic mass is 10.1. The molecule has 2 aromatic carbocycles. The summed E-state index contributed by atoms with van der Waals surface area (Å²) in [7, 11) is 4.30. The van der Waals surface area contributed by atoms with E-state index in [1.807, 2.05) is 5.43 Å². The molecule has 0 atom stereocenters. The van der Waals surface area contributed by atoms with Crippen LogP contribution < -0.4 is 30.8 Å². The number of hydrogen-bond donors (Lipinski definition) is 4. The normalized spacial score (nSPS) is 10.8. The van der Waals surface area contributed by atoms with Crippen molar-refractivity contribution in [3.63, 3.8) is 0 Å². The van der Waals surface area contributed by atoms with Gasteiger partial charge in [-0.1, -0.05) is 12.1 Å². The first kappa shape index (κ1) is 20.6. The van der Waals surface area contributed by atoms with Crippen molar-refractivity contribution in [2.75, 3.05) is 21.3 Å². The first-order valence-electron chi connectivity index (χ1n) is 8.06. The maximum absolute atomic E-state index is 12.7. The topological polar surface area (TPSA) is 132 Å². The molecule has 0 heterocycles. The molecule has 0 bridgehead atoms. The molecule has 9 nitrogen and oxygen atoms in total. The number of aromatic hydroxyl groups is 1. The van der Waals surface area contributed by atoms with E-state index < -0.39 is 11.8 Å². The summed E-state index contributed by atoms with van der Waals surface area (Å²) in [5.74, 6) is 4.91. The van der Waals surface area contributed by atoms with Gasteiger partial charge in [0.1, 0.15) is 11.4 Å². The Bertz CT molecular complexity index is 868. The van der Waals surface area contributed by atoms with Crippen LogP contribution in [0.3, 0.4) is 0 Å². The van der Waals surface area contributed by atoms with E-state index in [0.29, 0.717) is 22.8 Å². The van der Waals surface area contributed by atoms with Crippen LogP contribution in [0.25, 0.3) is 6.08 Å². The van der Waals surface area contributed by atoms with Crippen LogP contribution in [-0.2, 0) is 4.79 Å². The average Bonchev–Trinajstić information content (AvgIpc) is 2.72. The SMILES string of the molecule is COc1cc(C(=O)N/C(=C/c2ccc(O)cc2)C(=O)NN)cc(OC)c1OC. The Hall–Kier alpha value is -3.72. The summed E-state index contributed by atoms with van der Waals surface area (Å²) < 4.78 is 15.7. The molecular formula is C19H21N3O6. The number of benzene rings is 2. The summed E-state index contributed by atoms with van der Waals surface area (Å²) in [5.41, 5.74) is 2.63. The highest BCUT2D eigenvalue weighted by Crippen LogP contribution is 2.38. The Morgan fingerprint density at radius 1 is 1.00 bits per heavy atom. The van der Waals surface area contributed by atoms with E-state index in [-0.39, 0.29) is 17.0 Å². The van der Waals surface area contributed by atoms with Crippen LogP contribution >= 0.6 is 0 Å². The molecule has 5 N–H and O–H groups in total. The fourth-order valence-electron chi connectivity index (χ4n) is 2.38. The maximum atomic E-state index is 12.7. The van der Waals surface area contributed by atoms with Crippen molar-refractivity contribution in [2.45, 2.75) is 0 Å². The van der Waals surface area contributed by atoms with Gasteiger partial charge in [-0.2, -0.15) is 0 Å². The summed E-state index contributed by atoms with van der Waals surface area (Å²) >= 11 is 0. The molecule has 0 fully saturated rings. The quantitative estimate of drug-likeness (QED) is 0.243. The van der Waals surface area contributed by atoms with Gasteiger partial charge in [-0.15, -0.1) is 0 Å². The molecule has 2 aromatic rings. The largest absolute Gasteiger partial charge is 0.508 e. The predicted octanol–water partition coefficient (Wildman–Crippen LogP) is 1.18. The fourth-order valence-corrected chi connectivity index (χ4v) is 2.38. The second-order valence-electron chi connectivity index (χ2n) is 5.49. The summed E-state index contributed by atoms with van der Waals surface area (Å²) in [5, 5.41) is 11.9. The summed E-state index contributed by atoms with van der Waals surface area (Å²) in [6.07, 6.45) is 1.41. The van der Waals surface area contributed by atoms with Crippen LogP contribution in [-0.4, -0.2) is 38.3 Å². The van der Waals surface area contributed by atoms with Crippen molar-refractivity contribution < 1.29 is 28.9 Å². The molecule has 0 spiro atoms. The predicted molar refractivity (Wildman–Crippen MR) is 102 cm³/mol. The molecule has 28 heavy (non-hydrogen) atoms. The van der Waals surface area contributed by atoms with E-state index >= 15 is 0 Å². The van der Waals surface area contributed by atoms with Crippen LogP contribution in [0, 0.1) is 0 Å². The molecule has 0 aliphatic carbocycles. The zero-order valence-corrected chi connectivity index (χ0v) is 15.6. The van der Waals surface area contributed by atoms with Gasteiger partial charge in [-0.25, -0.2) is 5.84 Å². The third-order valence-electron chi connectivity index (χ3n) is 3.75. The van der Waals surface area contributed by atoms with Crippen molar-refractivity contribution in [1.29, 1.82) is 0 Å². The standard InChI is InChI=1S/C19H21N3O6/c1-26-15-9-12(10-16(27-2)17(15)28-3)18(24)21-14(19(25)22-20)8-11-4-6-13(23)7-5-11/h4-10,23H,20H2,1-3H3,(H,21,24)(H,22,25)/b14-8+. The summed E-state index contributed by atoms with van der Waals surface area (Å²) in [6.45, 7) is 0. The van der Waals surface area contributed by atoms with Crippen molar-refractivity contribution in [3.05, 3.63) is 53.2 Å². The number of phenolic OH excluding ortho intramolecular Hbond substituents is 1. The van der Waals surface area contributed by atoms with Gasteiger partial charge in [0, 0.05) is 5.56 Å². The minimum absolute atomic E-state index is 0.0726. The van der Waals surface area contributed by atoms with Crippen molar-refractivity contribution in [1.82, 2.24) is 10.7 Å². The summed E-state index contributed by atoms with van der Waals surface area (Å²) in [4.78, 5) is 24.7. The molecule has 0 unspecified atom stereocenters. The van der Waals surface area contributed by atoms with Crippen LogP contribution in [0.4, 0.5) is 0 Å². The number of phenols is 1. The number of nitrogens with one attached hydrogen (secondary N) is 2. The Labute approximate surface area is 161 Å². The number of ether oxygens (including phenoxy) is 3. The third-order valence-corrected chi connectivity index (χ3v) is 3.75. The number of carbonyl (C=O) groups excluding carboxylic acids is 2. The van der Waals surface area contributed by atoms with Gasteiger partial charge >= 0.3 is 0 Å². The Balaban J connectivity index is 2.38. The number of hydrogen-bond acceptors (Lipinski definition) is 7. The number of methoxy groups -OCH3 is 3. The Morgan fingerprint density at radius 2 is 1.57 bits per heavy atom. The number of amides is 2. The molecule has 0 saturated heterocycles. The second-order valence-corrected chi connectivity index (χ2v) is 5.49. The highest BCUT2D eigenvalue weighted by molar-refractivity contribution is 6.05. The lowest BCUT2D eigenvalue weighted by Crippen LogP contribution is -2.38. The molecule has 2 rings (SSSR count). The van der Waals surface area contributed by atoms with Crippen LogP contribution in [0.2, 0.25) is 0 Å². The molecular weight excluding hydrogens is 366 g/mol. The minimum Gasteiger partial charge on any atom is -0.508 e. The number of hydrazine groups is 1. The van der Waals surface area contributed by atoms with Crippen molar-refractivity contribution in [3.8, 4) is 23.0 Å². The average molecular weight is 387 g/mol. The first-order valence-corrected chi connectivity index (χ1v) is 8.06. The maximum Gasteiger partial charge on any atom is 0.281 e. The van der Waals surface area contributed by atoms with Crippen LogP contribution in [0.15, 0.2) is 42.1 Å². The van der Waals surface area contributed by atoms with Crippen molar-refractivity contribution >= 4 is 17.9 Å². The van der Waals surface area contributed by atoms with E-state index in [1.54, 1.807) is 12.1 Å². The first-order chi connectivity index (χ1) is 13.4. The molecule has 0 saturated carbocycles. The number of nitrogens with two attached hydrogens (primary N) is 1. The second kappa shape index (κ2) is 9.28. The van der Waals surface area contributed by atoms with Gasteiger partial charge in [0.2, 0.25) is 5.75 Å². The molecule has 148 valence electrons. The highest BCUT2D eigenvalue weighted by Gasteiger charge is 2.19. The van der Waals surface area contributed by atoms with Gasteiger partial charge in [0.15, 0.2) is 11.5 Å². The molecule has 0 aromatic heterocycles. The Morgan fingerprint density at radius 3 is 2.04 bits per heavy atom. The van der Waals surface area contributed by atoms with Crippen molar-refractivity contribution in [2.24, 2.45) is 5.84 Å². The van der Waals surface area contributed by atoms with E-state index in [4.69, 9.17) is 20.1 Å². The fraction of sp³-hybridized carbons (Fsp3) is 0.158. The smallest absolute Gasteiger partial charge is 0.281 e. The van der Waals surface area contributed by atoms with Crippen LogP contribution in [0.5, 0.6) is 23.0 Å². The van der Waals surface area contributed by atoms with E-state index in [2.05, 4.69) is 5.32 Å². The highest BCUT2D eigenvalue weighted by atomic mass is 16.5. The molecule has 0 aliphatic rings. The van der Waals surface area contributed by atoms with Gasteiger partial charge in [-0.3, -0.25) is 15.0 Å². The molecule has 0 aliphatic heterocycles. The zero-order chi connectivity index (χ0) is 20.7. The molecule has 0 radical (unpaired) electrons. The number of rotatable bonds is 7. The van der Waals surface area contributed by atoms with Crippen LogP contribution in [0.1, 0.15) is 15.9 Å². The van der Waals surface area contributed by atoms with Gasteiger partial charge < -0.3 is 24.6 Å². The van der Waals surface area contributed by atoms with Gasteiger partial charge in [0.25, 0.3) is 11.8 Å². The molecule has 9 heteroatoms. The minimum atomic E-state index is -0.700. The monoisotopic (exact) mass is 387 g/mol.